The van der Waals surface area contributed by atoms with E-state index in [1.807, 2.05) is 0 Å². The fourth-order valence-corrected chi connectivity index (χ4v) is 2.09. The number of benzene rings is 2. The van der Waals surface area contributed by atoms with Gasteiger partial charge in [-0.25, -0.2) is 0 Å². The summed E-state index contributed by atoms with van der Waals surface area (Å²) in [6, 6.07) is 17.3. The van der Waals surface area contributed by atoms with Crippen molar-refractivity contribution in [1.29, 1.82) is 0 Å². The van der Waals surface area contributed by atoms with Crippen molar-refractivity contribution in [2.75, 3.05) is 6.26 Å². The van der Waals surface area contributed by atoms with Crippen molar-refractivity contribution in [3.63, 3.8) is 0 Å². The Kier molecular flexibility index (Phi) is 3.12. The van der Waals surface area contributed by atoms with Gasteiger partial charge in [0.05, 0.1) is 0 Å². The predicted molar refractivity (Wildman–Crippen MR) is 68.4 cm³/mol. The van der Waals surface area contributed by atoms with Crippen molar-refractivity contribution < 1.29 is 0 Å². The van der Waals surface area contributed by atoms with Gasteiger partial charge in [-0.15, -0.1) is 11.8 Å². The van der Waals surface area contributed by atoms with Crippen LogP contribution < -0.4 is 0 Å². The zero-order valence-electron chi connectivity index (χ0n) is 9.03. The molecule has 2 rings (SSSR count). The van der Waals surface area contributed by atoms with E-state index in [2.05, 4.69) is 61.7 Å². The first-order chi connectivity index (χ1) is 7.29. The molecule has 76 valence electrons. The van der Waals surface area contributed by atoms with Gasteiger partial charge in [-0.05, 0) is 36.4 Å². The first-order valence-corrected chi connectivity index (χ1v) is 6.23. The lowest BCUT2D eigenvalue weighted by Crippen LogP contribution is -1.79. The number of hydrogen-bond acceptors (Lipinski definition) is 1. The molecule has 0 aliphatic heterocycles. The molecule has 1 heteroatoms. The van der Waals surface area contributed by atoms with Gasteiger partial charge in [0.15, 0.2) is 0 Å². The molecular formula is C14H14S. The maximum absolute atomic E-state index is 2.24. The molecule has 0 aromatic heterocycles. The highest BCUT2D eigenvalue weighted by Gasteiger charge is 1.98. The summed E-state index contributed by atoms with van der Waals surface area (Å²) in [6.45, 7) is 2.13. The Balaban J connectivity index is 2.44. The Labute approximate surface area is 95.3 Å². The van der Waals surface area contributed by atoms with E-state index in [0.717, 1.165) is 0 Å². The van der Waals surface area contributed by atoms with Gasteiger partial charge < -0.3 is 0 Å². The van der Waals surface area contributed by atoms with Gasteiger partial charge in [-0.2, -0.15) is 0 Å². The molecule has 0 heterocycles. The van der Waals surface area contributed by atoms with Crippen LogP contribution in [0.3, 0.4) is 0 Å². The minimum Gasteiger partial charge on any atom is -0.130 e. The molecule has 0 spiro atoms. The number of thioether (sulfide) groups is 1. The van der Waals surface area contributed by atoms with Gasteiger partial charge in [-0.3, -0.25) is 0 Å². The normalized spacial score (nSPS) is 10.3. The van der Waals surface area contributed by atoms with E-state index in [1.54, 1.807) is 11.8 Å². The topological polar surface area (TPSA) is 0 Å². The summed E-state index contributed by atoms with van der Waals surface area (Å²) in [6.07, 6.45) is 2.11. The largest absolute Gasteiger partial charge is 0.130 e. The average Bonchev–Trinajstić information content (AvgIpc) is 2.29. The zero-order chi connectivity index (χ0) is 10.7. The lowest BCUT2D eigenvalue weighted by Gasteiger charge is -2.04. The second-order valence-electron chi connectivity index (χ2n) is 3.60. The van der Waals surface area contributed by atoms with E-state index in [4.69, 9.17) is 0 Å². The first-order valence-electron chi connectivity index (χ1n) is 5.01. The molecule has 0 aliphatic rings. The highest BCUT2D eigenvalue weighted by molar-refractivity contribution is 7.98. The van der Waals surface area contributed by atoms with Crippen molar-refractivity contribution in [2.24, 2.45) is 0 Å². The van der Waals surface area contributed by atoms with Crippen LogP contribution >= 0.6 is 11.8 Å². The Hall–Kier alpha value is -1.21. The average molecular weight is 214 g/mol. The molecule has 0 atom stereocenters. The molecule has 0 bridgehead atoms. The Morgan fingerprint density at radius 1 is 0.867 bits per heavy atom. The predicted octanol–water partition coefficient (Wildman–Crippen LogP) is 4.38. The summed E-state index contributed by atoms with van der Waals surface area (Å²) in [5, 5.41) is 0. The molecule has 2 aromatic rings. The lowest BCUT2D eigenvalue weighted by molar-refractivity contribution is 1.43. The van der Waals surface area contributed by atoms with Crippen molar-refractivity contribution in [2.45, 2.75) is 11.8 Å². The molecule has 0 unspecified atom stereocenters. The van der Waals surface area contributed by atoms with E-state index in [9.17, 15) is 0 Å². The van der Waals surface area contributed by atoms with Crippen LogP contribution in [-0.4, -0.2) is 6.26 Å². The monoisotopic (exact) mass is 214 g/mol. The molecule has 15 heavy (non-hydrogen) atoms. The summed E-state index contributed by atoms with van der Waals surface area (Å²) in [5.41, 5.74) is 3.90. The van der Waals surface area contributed by atoms with E-state index < -0.39 is 0 Å². The van der Waals surface area contributed by atoms with Crippen molar-refractivity contribution in [3.05, 3.63) is 54.1 Å². The Morgan fingerprint density at radius 3 is 2.20 bits per heavy atom. The first kappa shape index (κ1) is 10.3. The third kappa shape index (κ3) is 2.42. The smallest absolute Gasteiger partial charge is 0.00752 e. The fourth-order valence-electron chi connectivity index (χ4n) is 1.63. The van der Waals surface area contributed by atoms with Crippen molar-refractivity contribution in [3.8, 4) is 11.1 Å². The summed E-state index contributed by atoms with van der Waals surface area (Å²) in [4.78, 5) is 1.31. The van der Waals surface area contributed by atoms with Crippen molar-refractivity contribution >= 4 is 11.8 Å². The second kappa shape index (κ2) is 4.54. The van der Waals surface area contributed by atoms with Gasteiger partial charge in [0.1, 0.15) is 0 Å². The van der Waals surface area contributed by atoms with E-state index in [-0.39, 0.29) is 0 Å². The molecule has 0 saturated heterocycles. The van der Waals surface area contributed by atoms with Crippen LogP contribution in [0.25, 0.3) is 11.1 Å². The van der Waals surface area contributed by atoms with Crippen LogP contribution in [-0.2, 0) is 0 Å². The van der Waals surface area contributed by atoms with Gasteiger partial charge in [0.25, 0.3) is 0 Å². The minimum absolute atomic E-state index is 1.30. The Morgan fingerprint density at radius 2 is 1.53 bits per heavy atom. The van der Waals surface area contributed by atoms with Crippen molar-refractivity contribution in [1.82, 2.24) is 0 Å². The lowest BCUT2D eigenvalue weighted by atomic mass is 10.0. The Bertz CT molecular complexity index is 460. The molecule has 0 nitrogen and oxygen atoms in total. The highest BCUT2D eigenvalue weighted by atomic mass is 32.2. The molecule has 0 N–H and O–H groups in total. The van der Waals surface area contributed by atoms with Crippen LogP contribution in [0, 0.1) is 6.92 Å². The number of aryl methyl sites for hydroxylation is 1. The third-order valence-corrected chi connectivity index (χ3v) is 3.15. The molecule has 0 aliphatic carbocycles. The third-order valence-electron chi connectivity index (χ3n) is 2.42. The van der Waals surface area contributed by atoms with E-state index >= 15 is 0 Å². The van der Waals surface area contributed by atoms with Crippen LogP contribution in [0.15, 0.2) is 53.4 Å². The maximum atomic E-state index is 2.24. The van der Waals surface area contributed by atoms with E-state index in [0.29, 0.717) is 0 Å². The summed E-state index contributed by atoms with van der Waals surface area (Å²) >= 11 is 1.78. The summed E-state index contributed by atoms with van der Waals surface area (Å²) in [5.74, 6) is 0. The van der Waals surface area contributed by atoms with Gasteiger partial charge >= 0.3 is 0 Å². The second-order valence-corrected chi connectivity index (χ2v) is 4.48. The maximum Gasteiger partial charge on any atom is 0.00752 e. The minimum atomic E-state index is 1.30. The summed E-state index contributed by atoms with van der Waals surface area (Å²) in [7, 11) is 0. The zero-order valence-corrected chi connectivity index (χ0v) is 9.84. The fraction of sp³-hybridized carbons (Fsp3) is 0.143. The molecule has 2 aromatic carbocycles. The van der Waals surface area contributed by atoms with Gasteiger partial charge in [0, 0.05) is 4.90 Å². The molecule has 0 amide bonds. The van der Waals surface area contributed by atoms with Crippen LogP contribution in [0.5, 0.6) is 0 Å². The number of rotatable bonds is 2. The quantitative estimate of drug-likeness (QED) is 0.668. The van der Waals surface area contributed by atoms with E-state index in [1.165, 1.54) is 21.6 Å². The number of hydrogen-bond donors (Lipinski definition) is 0. The molecule has 0 radical (unpaired) electrons. The molecular weight excluding hydrogens is 200 g/mol. The van der Waals surface area contributed by atoms with Gasteiger partial charge in [-0.1, -0.05) is 42.0 Å². The summed E-state index contributed by atoms with van der Waals surface area (Å²) < 4.78 is 0. The van der Waals surface area contributed by atoms with Crippen LogP contribution in [0.2, 0.25) is 0 Å². The van der Waals surface area contributed by atoms with Crippen LogP contribution in [0.1, 0.15) is 5.56 Å². The molecule has 0 saturated carbocycles. The van der Waals surface area contributed by atoms with Crippen LogP contribution in [0.4, 0.5) is 0 Å². The SMILES string of the molecule is CSc1cccc(-c2cccc(C)c2)c1. The highest BCUT2D eigenvalue weighted by Crippen LogP contribution is 2.24. The standard InChI is InChI=1S/C14H14S/c1-11-5-3-6-12(9-11)13-7-4-8-14(10-13)15-2/h3-10H,1-2H3. The van der Waals surface area contributed by atoms with Gasteiger partial charge in [0.2, 0.25) is 0 Å². The molecule has 0 fully saturated rings.